The second-order valence-corrected chi connectivity index (χ2v) is 6.24. The monoisotopic (exact) mass is 315 g/mol. The zero-order valence-electron chi connectivity index (χ0n) is 13.8. The molecule has 5 heteroatoms. The Balaban J connectivity index is 2.13. The van der Waals surface area contributed by atoms with Crippen LogP contribution in [0.1, 0.15) is 42.5 Å². The first-order valence-corrected chi connectivity index (χ1v) is 7.41. The van der Waals surface area contributed by atoms with Crippen molar-refractivity contribution in [2.24, 2.45) is 0 Å². The van der Waals surface area contributed by atoms with Gasteiger partial charge in [0, 0.05) is 5.69 Å². The molecule has 0 spiro atoms. The molecule has 0 radical (unpaired) electrons. The van der Waals surface area contributed by atoms with E-state index in [0.29, 0.717) is 5.69 Å². The highest BCUT2D eigenvalue weighted by molar-refractivity contribution is 5.92. The number of nitrogens with zero attached hydrogens (tertiary/aromatic N) is 1. The van der Waals surface area contributed by atoms with Crippen LogP contribution in [0.2, 0.25) is 0 Å². The Morgan fingerprint density at radius 3 is 2.30 bits per heavy atom. The summed E-state index contributed by atoms with van der Waals surface area (Å²) in [5.41, 5.74) is 1.02. The lowest BCUT2D eigenvalue weighted by molar-refractivity contribution is 0.0413. The van der Waals surface area contributed by atoms with E-state index in [9.17, 15) is 9.59 Å². The fourth-order valence-electron chi connectivity index (χ4n) is 2.04. The van der Waals surface area contributed by atoms with Gasteiger partial charge in [-0.3, -0.25) is 0 Å². The molecule has 1 heterocycles. The summed E-state index contributed by atoms with van der Waals surface area (Å²) < 4.78 is 11.8. The first kappa shape index (κ1) is 16.8. The summed E-state index contributed by atoms with van der Waals surface area (Å²) in [6.07, 6.45) is -0.591. The van der Waals surface area contributed by atoms with Crippen LogP contribution in [0, 0.1) is 6.92 Å². The standard InChI is InChI=1S/C18H21NO4/c1-13-10-11-15(19(13)17(21)23-18(2,3)4)16(20)22-12-14-8-6-5-7-9-14/h5-11H,12H2,1-4H3. The van der Waals surface area contributed by atoms with Gasteiger partial charge in [-0.05, 0) is 45.4 Å². The van der Waals surface area contributed by atoms with Crippen molar-refractivity contribution < 1.29 is 19.1 Å². The van der Waals surface area contributed by atoms with Crippen molar-refractivity contribution in [1.29, 1.82) is 0 Å². The highest BCUT2D eigenvalue weighted by Gasteiger charge is 2.24. The van der Waals surface area contributed by atoms with Crippen molar-refractivity contribution in [3.05, 3.63) is 59.4 Å². The van der Waals surface area contributed by atoms with Gasteiger partial charge in [0.1, 0.15) is 17.9 Å². The maximum absolute atomic E-state index is 12.3. The van der Waals surface area contributed by atoms with Crippen LogP contribution in [-0.4, -0.2) is 22.2 Å². The van der Waals surface area contributed by atoms with E-state index in [0.717, 1.165) is 5.56 Å². The summed E-state index contributed by atoms with van der Waals surface area (Å²) in [5.74, 6) is -0.562. The number of ether oxygens (including phenoxy) is 2. The van der Waals surface area contributed by atoms with Gasteiger partial charge in [-0.25, -0.2) is 14.2 Å². The van der Waals surface area contributed by atoms with E-state index in [2.05, 4.69) is 0 Å². The lowest BCUT2D eigenvalue weighted by Gasteiger charge is -2.21. The van der Waals surface area contributed by atoms with Crippen LogP contribution in [0.25, 0.3) is 0 Å². The van der Waals surface area contributed by atoms with E-state index in [1.165, 1.54) is 4.57 Å². The van der Waals surface area contributed by atoms with Gasteiger partial charge in [-0.2, -0.15) is 0 Å². The number of aryl methyl sites for hydroxylation is 1. The Kier molecular flexibility index (Phi) is 4.89. The Labute approximate surface area is 135 Å². The molecule has 2 rings (SSSR count). The molecule has 0 fully saturated rings. The second-order valence-electron chi connectivity index (χ2n) is 6.24. The number of hydrogen-bond acceptors (Lipinski definition) is 4. The second kappa shape index (κ2) is 6.69. The minimum Gasteiger partial charge on any atom is -0.456 e. The van der Waals surface area contributed by atoms with Crippen molar-refractivity contribution >= 4 is 12.1 Å². The lowest BCUT2D eigenvalue weighted by Crippen LogP contribution is -2.29. The van der Waals surface area contributed by atoms with E-state index in [1.807, 2.05) is 30.3 Å². The summed E-state index contributed by atoms with van der Waals surface area (Å²) in [6.45, 7) is 7.21. The number of aromatic nitrogens is 1. The van der Waals surface area contributed by atoms with Crippen LogP contribution in [-0.2, 0) is 16.1 Å². The highest BCUT2D eigenvalue weighted by Crippen LogP contribution is 2.15. The molecule has 2 aromatic rings. The first-order valence-electron chi connectivity index (χ1n) is 7.41. The number of carbonyl (C=O) groups is 2. The number of rotatable bonds is 3. The predicted molar refractivity (Wildman–Crippen MR) is 86.4 cm³/mol. The third-order valence-corrected chi connectivity index (χ3v) is 3.07. The molecule has 1 aromatic heterocycles. The largest absolute Gasteiger partial charge is 0.456 e. The highest BCUT2D eigenvalue weighted by atomic mass is 16.6. The van der Waals surface area contributed by atoms with Crippen LogP contribution in [0.5, 0.6) is 0 Å². The smallest absolute Gasteiger partial charge is 0.419 e. The summed E-state index contributed by atoms with van der Waals surface area (Å²) in [6, 6.07) is 12.6. The minimum absolute atomic E-state index is 0.151. The number of carbonyl (C=O) groups excluding carboxylic acids is 2. The molecular weight excluding hydrogens is 294 g/mol. The Hall–Kier alpha value is -2.56. The molecule has 0 aliphatic rings. The van der Waals surface area contributed by atoms with Gasteiger partial charge in [0.2, 0.25) is 0 Å². The number of esters is 1. The summed E-state index contributed by atoms with van der Waals surface area (Å²) >= 11 is 0. The molecule has 0 atom stereocenters. The summed E-state index contributed by atoms with van der Waals surface area (Å²) in [7, 11) is 0. The van der Waals surface area contributed by atoms with Crippen molar-refractivity contribution in [3.8, 4) is 0 Å². The van der Waals surface area contributed by atoms with Crippen LogP contribution in [0.4, 0.5) is 4.79 Å². The zero-order chi connectivity index (χ0) is 17.0. The molecule has 23 heavy (non-hydrogen) atoms. The summed E-state index contributed by atoms with van der Waals surface area (Å²) in [4.78, 5) is 24.5. The van der Waals surface area contributed by atoms with Gasteiger partial charge in [-0.1, -0.05) is 30.3 Å². The third-order valence-electron chi connectivity index (χ3n) is 3.07. The van der Waals surface area contributed by atoms with Crippen LogP contribution in [0.15, 0.2) is 42.5 Å². The number of hydrogen-bond donors (Lipinski definition) is 0. The Bertz CT molecular complexity index is 696. The fourth-order valence-corrected chi connectivity index (χ4v) is 2.04. The van der Waals surface area contributed by atoms with Crippen LogP contribution >= 0.6 is 0 Å². The molecule has 0 unspecified atom stereocenters. The molecule has 0 saturated heterocycles. The zero-order valence-corrected chi connectivity index (χ0v) is 13.8. The molecule has 0 N–H and O–H groups in total. The Morgan fingerprint density at radius 1 is 1.04 bits per heavy atom. The molecule has 0 aliphatic carbocycles. The molecule has 1 aromatic carbocycles. The van der Waals surface area contributed by atoms with Gasteiger partial charge in [0.25, 0.3) is 0 Å². The quantitative estimate of drug-likeness (QED) is 0.805. The van der Waals surface area contributed by atoms with E-state index in [1.54, 1.807) is 39.8 Å². The SMILES string of the molecule is Cc1ccc(C(=O)OCc2ccccc2)n1C(=O)OC(C)(C)C. The lowest BCUT2D eigenvalue weighted by atomic mass is 10.2. The van der Waals surface area contributed by atoms with Gasteiger partial charge >= 0.3 is 12.1 Å². The third kappa shape index (κ3) is 4.45. The molecular formula is C18H21NO4. The first-order chi connectivity index (χ1) is 10.8. The predicted octanol–water partition coefficient (Wildman–Crippen LogP) is 3.94. The van der Waals surface area contributed by atoms with Crippen molar-refractivity contribution in [2.75, 3.05) is 0 Å². The molecule has 0 bridgehead atoms. The van der Waals surface area contributed by atoms with Crippen molar-refractivity contribution in [3.63, 3.8) is 0 Å². The average molecular weight is 315 g/mol. The summed E-state index contributed by atoms with van der Waals surface area (Å²) in [5, 5.41) is 0. The van der Waals surface area contributed by atoms with Gasteiger partial charge in [-0.15, -0.1) is 0 Å². The average Bonchev–Trinajstić information content (AvgIpc) is 2.86. The van der Waals surface area contributed by atoms with Gasteiger partial charge in [0.15, 0.2) is 0 Å². The minimum atomic E-state index is -0.640. The van der Waals surface area contributed by atoms with E-state index in [-0.39, 0.29) is 12.3 Å². The van der Waals surface area contributed by atoms with E-state index >= 15 is 0 Å². The molecule has 0 amide bonds. The topological polar surface area (TPSA) is 57.5 Å². The number of benzene rings is 1. The van der Waals surface area contributed by atoms with E-state index in [4.69, 9.17) is 9.47 Å². The van der Waals surface area contributed by atoms with E-state index < -0.39 is 17.7 Å². The maximum Gasteiger partial charge on any atom is 0.419 e. The molecule has 5 nitrogen and oxygen atoms in total. The molecule has 0 aliphatic heterocycles. The fraction of sp³-hybridized carbons (Fsp3) is 0.333. The van der Waals surface area contributed by atoms with Crippen molar-refractivity contribution in [2.45, 2.75) is 39.9 Å². The maximum atomic E-state index is 12.3. The molecule has 0 saturated carbocycles. The molecule has 122 valence electrons. The van der Waals surface area contributed by atoms with Gasteiger partial charge in [0.05, 0.1) is 0 Å². The van der Waals surface area contributed by atoms with Crippen LogP contribution in [0.3, 0.4) is 0 Å². The Morgan fingerprint density at radius 2 is 1.70 bits per heavy atom. The normalized spacial score (nSPS) is 11.1. The van der Waals surface area contributed by atoms with Crippen LogP contribution < -0.4 is 0 Å². The van der Waals surface area contributed by atoms with Crippen molar-refractivity contribution in [1.82, 2.24) is 4.57 Å². The van der Waals surface area contributed by atoms with Gasteiger partial charge < -0.3 is 9.47 Å².